The molecule has 0 radical (unpaired) electrons. The number of nitrogens with one attached hydrogen (secondary N) is 1. The first-order valence-corrected chi connectivity index (χ1v) is 8.60. The van der Waals surface area contributed by atoms with Gasteiger partial charge < -0.3 is 10.7 Å². The Balaban J connectivity index is 1.66. The van der Waals surface area contributed by atoms with Crippen LogP contribution in [0, 0.1) is 5.92 Å². The molecule has 0 aromatic carbocycles. The number of hydrogen-bond acceptors (Lipinski definition) is 4. The summed E-state index contributed by atoms with van der Waals surface area (Å²) in [7, 11) is 0. The number of nitrogens with zero attached hydrogens (tertiary/aromatic N) is 3. The summed E-state index contributed by atoms with van der Waals surface area (Å²) in [5, 5.41) is 1.14. The zero-order valence-electron chi connectivity index (χ0n) is 14.0. The predicted molar refractivity (Wildman–Crippen MR) is 96.5 cm³/mol. The quantitative estimate of drug-likeness (QED) is 0.766. The molecule has 6 heteroatoms. The van der Waals surface area contributed by atoms with Gasteiger partial charge >= 0.3 is 0 Å². The molecular formula is C19H21N5O. The van der Waals surface area contributed by atoms with Crippen molar-refractivity contribution < 1.29 is 4.79 Å². The molecule has 3 aromatic heterocycles. The number of nitrogens with two attached hydrogens (primary N) is 1. The monoisotopic (exact) mass is 335 g/mol. The molecule has 25 heavy (non-hydrogen) atoms. The summed E-state index contributed by atoms with van der Waals surface area (Å²) in [6.45, 7) is 2.58. The highest BCUT2D eigenvalue weighted by atomic mass is 16.1. The molecule has 0 unspecified atom stereocenters. The maximum absolute atomic E-state index is 11.4. The van der Waals surface area contributed by atoms with Gasteiger partial charge in [-0.05, 0) is 50.2 Å². The molecule has 0 aliphatic carbocycles. The maximum Gasteiger partial charge on any atom is 0.220 e. The van der Waals surface area contributed by atoms with Gasteiger partial charge in [0.2, 0.25) is 5.91 Å². The molecule has 4 rings (SSSR count). The fraction of sp³-hybridized carbons (Fsp3) is 0.316. The van der Waals surface area contributed by atoms with Gasteiger partial charge in [-0.2, -0.15) is 0 Å². The molecule has 1 fully saturated rings. The van der Waals surface area contributed by atoms with Gasteiger partial charge in [-0.3, -0.25) is 14.7 Å². The minimum absolute atomic E-state index is 0.0127. The molecule has 0 bridgehead atoms. The molecule has 3 N–H and O–H groups in total. The highest BCUT2D eigenvalue weighted by molar-refractivity contribution is 5.88. The molecule has 4 heterocycles. The fourth-order valence-electron chi connectivity index (χ4n) is 3.60. The smallest absolute Gasteiger partial charge is 0.220 e. The SMILES string of the molecule is NC(=O)C1CCN(Cc2c(-c3cccnc3)[nH]c3ncccc23)CC1. The Bertz CT molecular complexity index is 881. The number of aromatic amines is 1. The summed E-state index contributed by atoms with van der Waals surface area (Å²) in [6.07, 6.45) is 7.11. The van der Waals surface area contributed by atoms with Crippen molar-refractivity contribution in [2.24, 2.45) is 11.7 Å². The van der Waals surface area contributed by atoms with Crippen LogP contribution in [-0.4, -0.2) is 38.8 Å². The maximum atomic E-state index is 11.4. The number of rotatable bonds is 4. The number of aromatic nitrogens is 3. The molecular weight excluding hydrogens is 314 g/mol. The molecule has 128 valence electrons. The first-order chi connectivity index (χ1) is 12.2. The van der Waals surface area contributed by atoms with Crippen LogP contribution in [0.25, 0.3) is 22.3 Å². The molecule has 6 nitrogen and oxygen atoms in total. The molecule has 1 aliphatic rings. The number of fused-ring (bicyclic) bond motifs is 1. The third-order valence-electron chi connectivity index (χ3n) is 5.00. The number of pyridine rings is 2. The molecule has 3 aromatic rings. The Morgan fingerprint density at radius 1 is 1.24 bits per heavy atom. The second kappa shape index (κ2) is 6.64. The number of carbonyl (C=O) groups excluding carboxylic acids is 1. The number of hydrogen-bond donors (Lipinski definition) is 2. The fourth-order valence-corrected chi connectivity index (χ4v) is 3.60. The molecule has 1 aliphatic heterocycles. The van der Waals surface area contributed by atoms with E-state index in [1.54, 1.807) is 12.4 Å². The zero-order chi connectivity index (χ0) is 17.2. The first-order valence-electron chi connectivity index (χ1n) is 8.60. The van der Waals surface area contributed by atoms with Crippen molar-refractivity contribution in [2.75, 3.05) is 13.1 Å². The van der Waals surface area contributed by atoms with Gasteiger partial charge in [0.25, 0.3) is 0 Å². The Morgan fingerprint density at radius 2 is 2.04 bits per heavy atom. The number of likely N-dealkylation sites (tertiary alicyclic amines) is 1. The number of primary amides is 1. The van der Waals surface area contributed by atoms with Crippen molar-refractivity contribution in [3.63, 3.8) is 0 Å². The van der Waals surface area contributed by atoms with E-state index in [1.165, 1.54) is 5.56 Å². The summed E-state index contributed by atoms with van der Waals surface area (Å²) in [4.78, 5) is 25.9. The number of piperidine rings is 1. The highest BCUT2D eigenvalue weighted by Gasteiger charge is 2.24. The van der Waals surface area contributed by atoms with Crippen molar-refractivity contribution >= 4 is 16.9 Å². The highest BCUT2D eigenvalue weighted by Crippen LogP contribution is 2.31. The largest absolute Gasteiger partial charge is 0.369 e. The van der Waals surface area contributed by atoms with Gasteiger partial charge in [-0.1, -0.05) is 0 Å². The number of carbonyl (C=O) groups is 1. The van der Waals surface area contributed by atoms with E-state index in [0.29, 0.717) is 0 Å². The van der Waals surface area contributed by atoms with Crippen LogP contribution < -0.4 is 5.73 Å². The van der Waals surface area contributed by atoms with Crippen LogP contribution in [0.3, 0.4) is 0 Å². The summed E-state index contributed by atoms with van der Waals surface area (Å²) < 4.78 is 0. The van der Waals surface area contributed by atoms with Gasteiger partial charge in [0.1, 0.15) is 5.65 Å². The second-order valence-electron chi connectivity index (χ2n) is 6.57. The minimum atomic E-state index is -0.174. The van der Waals surface area contributed by atoms with Crippen LogP contribution in [0.5, 0.6) is 0 Å². The van der Waals surface area contributed by atoms with Crippen molar-refractivity contribution in [1.29, 1.82) is 0 Å². The van der Waals surface area contributed by atoms with Gasteiger partial charge in [0.05, 0.1) is 5.69 Å². The Morgan fingerprint density at radius 3 is 2.76 bits per heavy atom. The summed E-state index contributed by atoms with van der Waals surface area (Å²) >= 11 is 0. The van der Waals surface area contributed by atoms with Crippen LogP contribution in [0.15, 0.2) is 42.9 Å². The van der Waals surface area contributed by atoms with Gasteiger partial charge in [-0.15, -0.1) is 0 Å². The van der Waals surface area contributed by atoms with Crippen molar-refractivity contribution in [1.82, 2.24) is 19.9 Å². The summed E-state index contributed by atoms with van der Waals surface area (Å²) in [5.74, 6) is -0.161. The normalized spacial score (nSPS) is 16.3. The van der Waals surface area contributed by atoms with Crippen molar-refractivity contribution in [3.8, 4) is 11.3 Å². The standard InChI is InChI=1S/C19H21N5O/c20-18(25)13-5-9-24(10-6-13)12-16-15-4-2-8-22-19(15)23-17(16)14-3-1-7-21-11-14/h1-4,7-8,11,13H,5-6,9-10,12H2,(H2,20,25)(H,22,23). The van der Waals surface area contributed by atoms with E-state index >= 15 is 0 Å². The van der Waals surface area contributed by atoms with Crippen LogP contribution in [-0.2, 0) is 11.3 Å². The number of H-pyrrole nitrogens is 1. The Kier molecular flexibility index (Phi) is 4.19. The van der Waals surface area contributed by atoms with Crippen LogP contribution in [0.4, 0.5) is 0 Å². The Labute approximate surface area is 146 Å². The average molecular weight is 335 g/mol. The minimum Gasteiger partial charge on any atom is -0.369 e. The van der Waals surface area contributed by atoms with E-state index in [2.05, 4.69) is 32.0 Å². The predicted octanol–water partition coefficient (Wildman–Crippen LogP) is 2.32. The second-order valence-corrected chi connectivity index (χ2v) is 6.57. The number of amides is 1. The molecule has 0 atom stereocenters. The molecule has 0 saturated carbocycles. The van der Waals surface area contributed by atoms with Gasteiger partial charge in [0.15, 0.2) is 0 Å². The lowest BCUT2D eigenvalue weighted by molar-refractivity contribution is -0.123. The van der Waals surface area contributed by atoms with Gasteiger partial charge in [0, 0.05) is 47.6 Å². The van der Waals surface area contributed by atoms with E-state index in [4.69, 9.17) is 5.73 Å². The molecule has 1 amide bonds. The first kappa shape index (κ1) is 15.8. The molecule has 0 spiro atoms. The lowest BCUT2D eigenvalue weighted by atomic mass is 9.95. The van der Waals surface area contributed by atoms with Crippen molar-refractivity contribution in [2.45, 2.75) is 19.4 Å². The van der Waals surface area contributed by atoms with E-state index in [1.807, 2.05) is 18.3 Å². The third-order valence-corrected chi connectivity index (χ3v) is 5.00. The van der Waals surface area contributed by atoms with Gasteiger partial charge in [-0.25, -0.2) is 4.98 Å². The van der Waals surface area contributed by atoms with E-state index in [0.717, 1.165) is 54.8 Å². The van der Waals surface area contributed by atoms with E-state index in [9.17, 15) is 4.79 Å². The van der Waals surface area contributed by atoms with E-state index < -0.39 is 0 Å². The lowest BCUT2D eigenvalue weighted by Crippen LogP contribution is -2.38. The van der Waals surface area contributed by atoms with Crippen LogP contribution >= 0.6 is 0 Å². The van der Waals surface area contributed by atoms with Crippen molar-refractivity contribution in [3.05, 3.63) is 48.4 Å². The third kappa shape index (κ3) is 3.13. The summed E-state index contributed by atoms with van der Waals surface area (Å²) in [6, 6.07) is 8.06. The van der Waals surface area contributed by atoms with Crippen LogP contribution in [0.2, 0.25) is 0 Å². The molecule has 1 saturated heterocycles. The topological polar surface area (TPSA) is 87.9 Å². The summed E-state index contributed by atoms with van der Waals surface area (Å²) in [5.41, 5.74) is 9.69. The zero-order valence-corrected chi connectivity index (χ0v) is 14.0. The van der Waals surface area contributed by atoms with E-state index in [-0.39, 0.29) is 11.8 Å². The lowest BCUT2D eigenvalue weighted by Gasteiger charge is -2.30. The van der Waals surface area contributed by atoms with Crippen LogP contribution in [0.1, 0.15) is 18.4 Å². The Hall–Kier alpha value is -2.73. The average Bonchev–Trinajstić information content (AvgIpc) is 3.02.